The van der Waals surface area contributed by atoms with Crippen LogP contribution in [-0.4, -0.2) is 43.2 Å². The van der Waals surface area contributed by atoms with Crippen molar-refractivity contribution in [3.05, 3.63) is 29.8 Å². The van der Waals surface area contributed by atoms with E-state index in [0.717, 1.165) is 0 Å². The van der Waals surface area contributed by atoms with Gasteiger partial charge in [0.1, 0.15) is 11.8 Å². The molecule has 0 saturated carbocycles. The molecule has 1 rings (SSSR count). The Balaban J connectivity index is 2.71. The third kappa shape index (κ3) is 5.13. The molecule has 0 aliphatic rings. The standard InChI is InChI=1S/C14H17NO6/c1-20-10-5-3-4-9(8-10)13(17)15-11(14(18)19)6-7-12(16)21-2/h3-5,8,11H,6-7H2,1-2H3,(H,15,17)(H,18,19)/t11-/m0/s1. The molecular weight excluding hydrogens is 278 g/mol. The second kappa shape index (κ2) is 7.88. The average molecular weight is 295 g/mol. The number of carboxylic acids is 1. The highest BCUT2D eigenvalue weighted by molar-refractivity contribution is 5.97. The van der Waals surface area contributed by atoms with Gasteiger partial charge in [0.25, 0.3) is 5.91 Å². The van der Waals surface area contributed by atoms with Crippen LogP contribution in [0.2, 0.25) is 0 Å². The van der Waals surface area contributed by atoms with Crippen molar-refractivity contribution >= 4 is 17.8 Å². The molecule has 0 heterocycles. The summed E-state index contributed by atoms with van der Waals surface area (Å²) in [7, 11) is 2.68. The fourth-order valence-corrected chi connectivity index (χ4v) is 1.63. The molecule has 1 amide bonds. The van der Waals surface area contributed by atoms with Crippen molar-refractivity contribution in [3.63, 3.8) is 0 Å². The lowest BCUT2D eigenvalue weighted by Gasteiger charge is -2.14. The van der Waals surface area contributed by atoms with Gasteiger partial charge < -0.3 is 19.9 Å². The van der Waals surface area contributed by atoms with E-state index in [9.17, 15) is 14.4 Å². The molecule has 1 aromatic rings. The Hall–Kier alpha value is -2.57. The van der Waals surface area contributed by atoms with Crippen molar-refractivity contribution in [3.8, 4) is 5.75 Å². The van der Waals surface area contributed by atoms with Crippen LogP contribution in [0.1, 0.15) is 23.2 Å². The number of rotatable bonds is 7. The van der Waals surface area contributed by atoms with Gasteiger partial charge in [-0.2, -0.15) is 0 Å². The first-order valence-corrected chi connectivity index (χ1v) is 6.22. The van der Waals surface area contributed by atoms with Crippen molar-refractivity contribution in [2.45, 2.75) is 18.9 Å². The van der Waals surface area contributed by atoms with E-state index >= 15 is 0 Å². The second-order valence-corrected chi connectivity index (χ2v) is 4.21. The van der Waals surface area contributed by atoms with Crippen LogP contribution in [0.5, 0.6) is 5.75 Å². The Kier molecular flexibility index (Phi) is 6.19. The van der Waals surface area contributed by atoms with Gasteiger partial charge in [-0.15, -0.1) is 0 Å². The Bertz CT molecular complexity index is 528. The van der Waals surface area contributed by atoms with E-state index in [4.69, 9.17) is 9.84 Å². The zero-order valence-electron chi connectivity index (χ0n) is 11.8. The maximum absolute atomic E-state index is 12.0. The molecule has 2 N–H and O–H groups in total. The zero-order valence-corrected chi connectivity index (χ0v) is 11.8. The first-order chi connectivity index (χ1) is 9.97. The Morgan fingerprint density at radius 3 is 2.57 bits per heavy atom. The predicted molar refractivity (Wildman–Crippen MR) is 73.1 cm³/mol. The van der Waals surface area contributed by atoms with E-state index in [2.05, 4.69) is 10.1 Å². The number of carboxylic acid groups (broad SMARTS) is 1. The lowest BCUT2D eigenvalue weighted by atomic mass is 10.1. The molecule has 0 aliphatic heterocycles. The fourth-order valence-electron chi connectivity index (χ4n) is 1.63. The van der Waals surface area contributed by atoms with Crippen LogP contribution in [0.3, 0.4) is 0 Å². The van der Waals surface area contributed by atoms with Crippen LogP contribution in [0.15, 0.2) is 24.3 Å². The van der Waals surface area contributed by atoms with E-state index in [1.807, 2.05) is 0 Å². The molecule has 0 radical (unpaired) electrons. The Morgan fingerprint density at radius 1 is 1.29 bits per heavy atom. The molecule has 114 valence electrons. The van der Waals surface area contributed by atoms with Gasteiger partial charge in [0.05, 0.1) is 14.2 Å². The molecule has 21 heavy (non-hydrogen) atoms. The van der Waals surface area contributed by atoms with Gasteiger partial charge in [-0.3, -0.25) is 9.59 Å². The SMILES string of the molecule is COC(=O)CC[C@H](NC(=O)c1cccc(OC)c1)C(=O)O. The maximum atomic E-state index is 12.0. The first kappa shape index (κ1) is 16.5. The fraction of sp³-hybridized carbons (Fsp3) is 0.357. The summed E-state index contributed by atoms with van der Waals surface area (Å²) in [4.78, 5) is 34.1. The Labute approximate surface area is 121 Å². The van der Waals surface area contributed by atoms with Crippen molar-refractivity contribution in [2.75, 3.05) is 14.2 Å². The van der Waals surface area contributed by atoms with Crippen molar-refractivity contribution in [1.29, 1.82) is 0 Å². The molecule has 1 atom stereocenters. The van der Waals surface area contributed by atoms with Crippen LogP contribution in [0.25, 0.3) is 0 Å². The molecular formula is C14H17NO6. The minimum absolute atomic E-state index is 0.0439. The first-order valence-electron chi connectivity index (χ1n) is 6.22. The number of ether oxygens (including phenoxy) is 2. The van der Waals surface area contributed by atoms with Gasteiger partial charge in [-0.05, 0) is 24.6 Å². The van der Waals surface area contributed by atoms with Crippen LogP contribution in [0, 0.1) is 0 Å². The second-order valence-electron chi connectivity index (χ2n) is 4.21. The Morgan fingerprint density at radius 2 is 2.00 bits per heavy atom. The number of aliphatic carboxylic acids is 1. The highest BCUT2D eigenvalue weighted by atomic mass is 16.5. The van der Waals surface area contributed by atoms with E-state index in [0.29, 0.717) is 5.75 Å². The van der Waals surface area contributed by atoms with E-state index < -0.39 is 23.9 Å². The number of nitrogens with one attached hydrogen (secondary N) is 1. The molecule has 0 aromatic heterocycles. The number of methoxy groups -OCH3 is 2. The minimum atomic E-state index is -1.21. The maximum Gasteiger partial charge on any atom is 0.326 e. The number of hydrogen-bond donors (Lipinski definition) is 2. The minimum Gasteiger partial charge on any atom is -0.497 e. The summed E-state index contributed by atoms with van der Waals surface area (Å²) in [6, 6.07) is 5.16. The average Bonchev–Trinajstić information content (AvgIpc) is 2.50. The summed E-state index contributed by atoms with van der Waals surface area (Å²) >= 11 is 0. The van der Waals surface area contributed by atoms with Gasteiger partial charge in [0, 0.05) is 12.0 Å². The van der Waals surface area contributed by atoms with E-state index in [1.54, 1.807) is 12.1 Å². The molecule has 0 fully saturated rings. The molecule has 0 spiro atoms. The topological polar surface area (TPSA) is 102 Å². The molecule has 7 heteroatoms. The van der Waals surface area contributed by atoms with Crippen molar-refractivity contribution in [1.82, 2.24) is 5.32 Å². The molecule has 1 aromatic carbocycles. The highest BCUT2D eigenvalue weighted by Crippen LogP contribution is 2.13. The van der Waals surface area contributed by atoms with Crippen LogP contribution in [0.4, 0.5) is 0 Å². The number of esters is 1. The highest BCUT2D eigenvalue weighted by Gasteiger charge is 2.22. The van der Waals surface area contributed by atoms with Gasteiger partial charge in [0.2, 0.25) is 0 Å². The lowest BCUT2D eigenvalue weighted by Crippen LogP contribution is -2.41. The molecule has 0 unspecified atom stereocenters. The monoisotopic (exact) mass is 295 g/mol. The number of amides is 1. The summed E-state index contributed by atoms with van der Waals surface area (Å²) < 4.78 is 9.43. The predicted octanol–water partition coefficient (Wildman–Crippen LogP) is 0.831. The third-order valence-electron chi connectivity index (χ3n) is 2.80. The van der Waals surface area contributed by atoms with E-state index in [1.165, 1.54) is 26.4 Å². The summed E-state index contributed by atoms with van der Waals surface area (Å²) in [5.74, 6) is -1.80. The molecule has 0 bridgehead atoms. The van der Waals surface area contributed by atoms with Gasteiger partial charge in [-0.1, -0.05) is 6.07 Å². The van der Waals surface area contributed by atoms with Crippen LogP contribution < -0.4 is 10.1 Å². The molecule has 0 saturated heterocycles. The van der Waals surface area contributed by atoms with E-state index in [-0.39, 0.29) is 18.4 Å². The van der Waals surface area contributed by atoms with Crippen LogP contribution >= 0.6 is 0 Å². The van der Waals surface area contributed by atoms with Crippen LogP contribution in [-0.2, 0) is 14.3 Å². The normalized spacial score (nSPS) is 11.3. The number of carbonyl (C=O) groups excluding carboxylic acids is 2. The van der Waals surface area contributed by atoms with Crippen molar-refractivity contribution in [2.24, 2.45) is 0 Å². The molecule has 0 aliphatic carbocycles. The number of carbonyl (C=O) groups is 3. The molecule has 7 nitrogen and oxygen atoms in total. The van der Waals surface area contributed by atoms with Crippen molar-refractivity contribution < 1.29 is 29.0 Å². The smallest absolute Gasteiger partial charge is 0.326 e. The summed E-state index contributed by atoms with van der Waals surface area (Å²) in [5.41, 5.74) is 0.277. The number of hydrogen-bond acceptors (Lipinski definition) is 5. The number of benzene rings is 1. The summed E-state index contributed by atoms with van der Waals surface area (Å²) in [6.45, 7) is 0. The quantitative estimate of drug-likeness (QED) is 0.722. The van der Waals surface area contributed by atoms with Gasteiger partial charge in [0.15, 0.2) is 0 Å². The summed E-state index contributed by atoms with van der Waals surface area (Å²) in [6.07, 6.45) is -0.135. The largest absolute Gasteiger partial charge is 0.497 e. The van der Waals surface area contributed by atoms with Gasteiger partial charge in [-0.25, -0.2) is 4.79 Å². The zero-order chi connectivity index (χ0) is 15.8. The lowest BCUT2D eigenvalue weighted by molar-refractivity contribution is -0.142. The van der Waals surface area contributed by atoms with Gasteiger partial charge >= 0.3 is 11.9 Å². The third-order valence-corrected chi connectivity index (χ3v) is 2.80. The summed E-state index contributed by atoms with van der Waals surface area (Å²) in [5, 5.41) is 11.4.